The highest BCUT2D eigenvalue weighted by Crippen LogP contribution is 2.23. The molecule has 0 aliphatic heterocycles. The number of nitrogens with zero attached hydrogens (tertiary/aromatic N) is 4. The summed E-state index contributed by atoms with van der Waals surface area (Å²) in [6, 6.07) is 12.2. The van der Waals surface area contributed by atoms with Gasteiger partial charge in [-0.1, -0.05) is 24.3 Å². The number of aromatic hydroxyl groups is 1. The number of phenols is 1. The SMILES string of the molecule is CC(NC(=O)c1cnc2c(c1)ncn2Cc1cccnc1)c1ccccc1O. The van der Waals surface area contributed by atoms with Crippen LogP contribution in [0.15, 0.2) is 67.4 Å². The molecule has 3 aromatic heterocycles. The van der Waals surface area contributed by atoms with Gasteiger partial charge >= 0.3 is 0 Å². The lowest BCUT2D eigenvalue weighted by molar-refractivity contribution is 0.0939. The maximum atomic E-state index is 12.6. The number of carbonyl (C=O) groups excluding carboxylic acids is 1. The summed E-state index contributed by atoms with van der Waals surface area (Å²) < 4.78 is 1.92. The van der Waals surface area contributed by atoms with E-state index in [-0.39, 0.29) is 17.7 Å². The molecule has 0 radical (unpaired) electrons. The van der Waals surface area contributed by atoms with Gasteiger partial charge in [-0.05, 0) is 30.7 Å². The number of amides is 1. The normalized spacial score (nSPS) is 12.0. The van der Waals surface area contributed by atoms with Gasteiger partial charge in [-0.3, -0.25) is 9.78 Å². The maximum Gasteiger partial charge on any atom is 0.253 e. The Morgan fingerprint density at radius 3 is 2.82 bits per heavy atom. The van der Waals surface area contributed by atoms with E-state index in [1.807, 2.05) is 29.7 Å². The van der Waals surface area contributed by atoms with Crippen molar-refractivity contribution in [2.45, 2.75) is 19.5 Å². The molecule has 7 heteroatoms. The van der Waals surface area contributed by atoms with Crippen molar-refractivity contribution in [3.05, 3.63) is 84.1 Å². The van der Waals surface area contributed by atoms with Crippen LogP contribution in [-0.2, 0) is 6.54 Å². The van der Waals surface area contributed by atoms with Gasteiger partial charge in [-0.2, -0.15) is 0 Å². The lowest BCUT2D eigenvalue weighted by atomic mass is 10.1. The highest BCUT2D eigenvalue weighted by molar-refractivity contribution is 5.96. The zero-order valence-corrected chi connectivity index (χ0v) is 15.3. The molecular formula is C21H19N5O2. The van der Waals surface area contributed by atoms with Crippen molar-refractivity contribution in [2.24, 2.45) is 0 Å². The van der Waals surface area contributed by atoms with E-state index in [9.17, 15) is 9.90 Å². The second-order valence-electron chi connectivity index (χ2n) is 6.55. The minimum atomic E-state index is -0.340. The van der Waals surface area contributed by atoms with Gasteiger partial charge in [-0.25, -0.2) is 9.97 Å². The maximum absolute atomic E-state index is 12.6. The summed E-state index contributed by atoms with van der Waals surface area (Å²) in [5.41, 5.74) is 3.47. The molecule has 1 atom stereocenters. The molecule has 4 rings (SSSR count). The van der Waals surface area contributed by atoms with E-state index in [2.05, 4.69) is 20.3 Å². The Balaban J connectivity index is 1.53. The molecule has 0 bridgehead atoms. The van der Waals surface area contributed by atoms with Crippen molar-refractivity contribution >= 4 is 17.1 Å². The number of aromatic nitrogens is 4. The smallest absolute Gasteiger partial charge is 0.253 e. The molecule has 1 unspecified atom stereocenters. The number of para-hydroxylation sites is 1. The number of imidazole rings is 1. The molecule has 140 valence electrons. The molecule has 28 heavy (non-hydrogen) atoms. The van der Waals surface area contributed by atoms with Crippen LogP contribution in [0, 0.1) is 0 Å². The zero-order chi connectivity index (χ0) is 19.5. The number of carbonyl (C=O) groups is 1. The van der Waals surface area contributed by atoms with Gasteiger partial charge in [0.25, 0.3) is 5.91 Å². The van der Waals surface area contributed by atoms with Crippen molar-refractivity contribution < 1.29 is 9.90 Å². The lowest BCUT2D eigenvalue weighted by Crippen LogP contribution is -2.26. The van der Waals surface area contributed by atoms with Gasteiger partial charge in [0.05, 0.1) is 24.5 Å². The molecule has 1 amide bonds. The van der Waals surface area contributed by atoms with E-state index >= 15 is 0 Å². The van der Waals surface area contributed by atoms with Crippen LogP contribution in [0.4, 0.5) is 0 Å². The van der Waals surface area contributed by atoms with Crippen molar-refractivity contribution in [1.82, 2.24) is 24.8 Å². The number of fused-ring (bicyclic) bond motifs is 1. The molecule has 0 spiro atoms. The highest BCUT2D eigenvalue weighted by Gasteiger charge is 2.16. The first-order valence-electron chi connectivity index (χ1n) is 8.90. The molecule has 0 saturated heterocycles. The third-order valence-electron chi connectivity index (χ3n) is 4.54. The lowest BCUT2D eigenvalue weighted by Gasteiger charge is -2.15. The van der Waals surface area contributed by atoms with E-state index in [4.69, 9.17) is 0 Å². The van der Waals surface area contributed by atoms with Gasteiger partial charge in [0.1, 0.15) is 11.3 Å². The van der Waals surface area contributed by atoms with Crippen LogP contribution in [0.2, 0.25) is 0 Å². The monoisotopic (exact) mass is 373 g/mol. The van der Waals surface area contributed by atoms with Crippen LogP contribution < -0.4 is 5.32 Å². The molecule has 7 nitrogen and oxygen atoms in total. The van der Waals surface area contributed by atoms with E-state index in [0.29, 0.717) is 28.8 Å². The number of hydrogen-bond acceptors (Lipinski definition) is 5. The Hall–Kier alpha value is -3.74. The topological polar surface area (TPSA) is 92.9 Å². The number of nitrogens with one attached hydrogen (secondary N) is 1. The summed E-state index contributed by atoms with van der Waals surface area (Å²) in [5.74, 6) is -0.120. The summed E-state index contributed by atoms with van der Waals surface area (Å²) in [5, 5.41) is 12.8. The average Bonchev–Trinajstić information content (AvgIpc) is 3.11. The number of pyridine rings is 2. The molecular weight excluding hydrogens is 354 g/mol. The quantitative estimate of drug-likeness (QED) is 0.561. The molecule has 2 N–H and O–H groups in total. The van der Waals surface area contributed by atoms with Crippen LogP contribution in [0.3, 0.4) is 0 Å². The fourth-order valence-electron chi connectivity index (χ4n) is 3.09. The van der Waals surface area contributed by atoms with Crippen molar-refractivity contribution in [3.8, 4) is 5.75 Å². The fraction of sp³-hybridized carbons (Fsp3) is 0.143. The summed E-state index contributed by atoms with van der Waals surface area (Å²) in [4.78, 5) is 25.5. The highest BCUT2D eigenvalue weighted by atomic mass is 16.3. The summed E-state index contributed by atoms with van der Waals surface area (Å²) in [6.45, 7) is 2.43. The van der Waals surface area contributed by atoms with Crippen molar-refractivity contribution in [3.63, 3.8) is 0 Å². The largest absolute Gasteiger partial charge is 0.508 e. The van der Waals surface area contributed by atoms with Crippen LogP contribution >= 0.6 is 0 Å². The summed E-state index contributed by atoms with van der Waals surface area (Å²) >= 11 is 0. The standard InChI is InChI=1S/C21H19N5O2/c1-14(17-6-2-3-7-19(17)27)25-21(28)16-9-18-20(23-11-16)26(13-24-18)12-15-5-4-8-22-10-15/h2-11,13-14,27H,12H2,1H3,(H,25,28). The number of phenolic OH excluding ortho intramolecular Hbond substituents is 1. The molecule has 0 saturated carbocycles. The van der Waals surface area contributed by atoms with E-state index in [0.717, 1.165) is 5.56 Å². The summed E-state index contributed by atoms with van der Waals surface area (Å²) in [6.07, 6.45) is 6.77. The van der Waals surface area contributed by atoms with Gasteiger partial charge in [-0.15, -0.1) is 0 Å². The molecule has 0 fully saturated rings. The first-order chi connectivity index (χ1) is 13.6. The second kappa shape index (κ2) is 7.48. The molecule has 0 aliphatic carbocycles. The number of rotatable bonds is 5. The first kappa shape index (κ1) is 17.7. The molecule has 0 aliphatic rings. The second-order valence-corrected chi connectivity index (χ2v) is 6.55. The van der Waals surface area contributed by atoms with Gasteiger partial charge in [0.15, 0.2) is 5.65 Å². The third-order valence-corrected chi connectivity index (χ3v) is 4.54. The molecule has 1 aromatic carbocycles. The first-order valence-corrected chi connectivity index (χ1v) is 8.90. The minimum Gasteiger partial charge on any atom is -0.508 e. The predicted molar refractivity (Wildman–Crippen MR) is 105 cm³/mol. The van der Waals surface area contributed by atoms with Gasteiger partial charge < -0.3 is 15.0 Å². The van der Waals surface area contributed by atoms with Crippen LogP contribution in [0.25, 0.3) is 11.2 Å². The fourth-order valence-corrected chi connectivity index (χ4v) is 3.09. The van der Waals surface area contributed by atoms with Crippen LogP contribution in [-0.4, -0.2) is 30.5 Å². The Labute approximate surface area is 161 Å². The average molecular weight is 373 g/mol. The minimum absolute atomic E-state index is 0.151. The number of hydrogen-bond donors (Lipinski definition) is 2. The van der Waals surface area contributed by atoms with E-state index in [1.54, 1.807) is 43.0 Å². The predicted octanol–water partition coefficient (Wildman–Crippen LogP) is 3.07. The van der Waals surface area contributed by atoms with Crippen LogP contribution in [0.1, 0.15) is 34.5 Å². The van der Waals surface area contributed by atoms with Gasteiger partial charge in [0, 0.05) is 24.2 Å². The van der Waals surface area contributed by atoms with Crippen LogP contribution in [0.5, 0.6) is 5.75 Å². The third kappa shape index (κ3) is 3.55. The zero-order valence-electron chi connectivity index (χ0n) is 15.3. The Morgan fingerprint density at radius 2 is 2.04 bits per heavy atom. The van der Waals surface area contributed by atoms with E-state index in [1.165, 1.54) is 6.20 Å². The van der Waals surface area contributed by atoms with Crippen molar-refractivity contribution in [2.75, 3.05) is 0 Å². The van der Waals surface area contributed by atoms with Gasteiger partial charge in [0.2, 0.25) is 0 Å². The number of benzene rings is 1. The molecule has 4 aromatic rings. The van der Waals surface area contributed by atoms with Crippen molar-refractivity contribution in [1.29, 1.82) is 0 Å². The Kier molecular flexibility index (Phi) is 4.72. The molecule has 3 heterocycles. The Morgan fingerprint density at radius 1 is 1.18 bits per heavy atom. The summed E-state index contributed by atoms with van der Waals surface area (Å²) in [7, 11) is 0. The Bertz CT molecular complexity index is 1120. The van der Waals surface area contributed by atoms with E-state index < -0.39 is 0 Å².